The Morgan fingerprint density at radius 1 is 1.25 bits per heavy atom. The third-order valence-corrected chi connectivity index (χ3v) is 5.11. The van der Waals surface area contributed by atoms with Crippen molar-refractivity contribution in [2.45, 2.75) is 32.7 Å². The van der Waals surface area contributed by atoms with Crippen molar-refractivity contribution in [2.75, 3.05) is 40.4 Å². The first-order chi connectivity index (χ1) is 13.1. The number of nitrogens with zero attached hydrogens (tertiary/aromatic N) is 2. The van der Waals surface area contributed by atoms with Crippen LogP contribution >= 0.6 is 39.9 Å². The van der Waals surface area contributed by atoms with Crippen LogP contribution in [0.4, 0.5) is 0 Å². The maximum absolute atomic E-state index is 11.6. The molecule has 2 N–H and O–H groups in total. The normalized spacial score (nSPS) is 13.9. The van der Waals surface area contributed by atoms with Gasteiger partial charge in [-0.1, -0.05) is 15.9 Å². The van der Waals surface area contributed by atoms with Crippen LogP contribution in [0.1, 0.15) is 31.7 Å². The molecule has 0 unspecified atom stereocenters. The minimum absolute atomic E-state index is 0. The second kappa shape index (κ2) is 13.1. The standard InChI is InChI=1S/C19H29BrN4O3.HI/c1-4-21-19(22-8-6-10-24-9-5-7-18(24)25)23-13-14-11-16(26-2)17(27-3)12-15(14)20;/h11-12H,4-10,13H2,1-3H3,(H2,21,22,23);1H. The number of methoxy groups -OCH3 is 2. The molecule has 28 heavy (non-hydrogen) atoms. The molecule has 0 atom stereocenters. The highest BCUT2D eigenvalue weighted by Crippen LogP contribution is 2.33. The van der Waals surface area contributed by atoms with Gasteiger partial charge < -0.3 is 25.0 Å². The molecule has 1 fully saturated rings. The van der Waals surface area contributed by atoms with Crippen molar-refractivity contribution in [1.29, 1.82) is 0 Å². The highest BCUT2D eigenvalue weighted by molar-refractivity contribution is 14.0. The number of ether oxygens (including phenoxy) is 2. The number of carbonyl (C=O) groups is 1. The van der Waals surface area contributed by atoms with Crippen molar-refractivity contribution < 1.29 is 14.3 Å². The van der Waals surface area contributed by atoms with Crippen LogP contribution in [0.15, 0.2) is 21.6 Å². The molecule has 1 saturated heterocycles. The molecule has 2 rings (SSSR count). The zero-order valence-corrected chi connectivity index (χ0v) is 20.6. The van der Waals surface area contributed by atoms with E-state index in [0.29, 0.717) is 24.5 Å². The van der Waals surface area contributed by atoms with Crippen molar-refractivity contribution in [2.24, 2.45) is 4.99 Å². The Morgan fingerprint density at radius 2 is 1.96 bits per heavy atom. The van der Waals surface area contributed by atoms with Crippen molar-refractivity contribution in [3.63, 3.8) is 0 Å². The number of nitrogens with one attached hydrogen (secondary N) is 2. The smallest absolute Gasteiger partial charge is 0.222 e. The van der Waals surface area contributed by atoms with E-state index in [0.717, 1.165) is 55.0 Å². The summed E-state index contributed by atoms with van der Waals surface area (Å²) in [6.45, 7) is 5.77. The first-order valence-corrected chi connectivity index (χ1v) is 10.1. The number of aliphatic imine (C=N–C) groups is 1. The zero-order valence-electron chi connectivity index (χ0n) is 16.7. The summed E-state index contributed by atoms with van der Waals surface area (Å²) in [5.74, 6) is 2.39. The minimum Gasteiger partial charge on any atom is -0.493 e. The van der Waals surface area contributed by atoms with Gasteiger partial charge in [-0.05, 0) is 37.5 Å². The molecule has 0 radical (unpaired) electrons. The van der Waals surface area contributed by atoms with Crippen LogP contribution in [0.2, 0.25) is 0 Å². The molecule has 0 aromatic heterocycles. The Balaban J connectivity index is 0.00000392. The molecule has 0 aliphatic carbocycles. The van der Waals surface area contributed by atoms with E-state index in [2.05, 4.69) is 31.6 Å². The van der Waals surface area contributed by atoms with Crippen molar-refractivity contribution in [3.05, 3.63) is 22.2 Å². The lowest BCUT2D eigenvalue weighted by Gasteiger charge is -2.16. The Kier molecular flexibility index (Phi) is 11.6. The first-order valence-electron chi connectivity index (χ1n) is 9.29. The lowest BCUT2D eigenvalue weighted by molar-refractivity contribution is -0.127. The van der Waals surface area contributed by atoms with Gasteiger partial charge >= 0.3 is 0 Å². The van der Waals surface area contributed by atoms with E-state index in [9.17, 15) is 4.79 Å². The number of halogens is 2. The lowest BCUT2D eigenvalue weighted by Crippen LogP contribution is -2.39. The van der Waals surface area contributed by atoms with Gasteiger partial charge in [0.25, 0.3) is 0 Å². The number of amides is 1. The summed E-state index contributed by atoms with van der Waals surface area (Å²) < 4.78 is 11.6. The van der Waals surface area contributed by atoms with E-state index >= 15 is 0 Å². The Morgan fingerprint density at radius 3 is 2.57 bits per heavy atom. The largest absolute Gasteiger partial charge is 0.493 e. The van der Waals surface area contributed by atoms with E-state index < -0.39 is 0 Å². The van der Waals surface area contributed by atoms with Crippen molar-refractivity contribution >= 4 is 51.8 Å². The van der Waals surface area contributed by atoms with Crippen LogP contribution in [0.5, 0.6) is 11.5 Å². The Hall–Kier alpha value is -1.23. The van der Waals surface area contributed by atoms with Crippen LogP contribution in [0.25, 0.3) is 0 Å². The molecule has 1 amide bonds. The third kappa shape index (κ3) is 7.31. The number of hydrogen-bond donors (Lipinski definition) is 2. The summed E-state index contributed by atoms with van der Waals surface area (Å²) in [4.78, 5) is 18.2. The van der Waals surface area contributed by atoms with Gasteiger partial charge in [0.15, 0.2) is 17.5 Å². The van der Waals surface area contributed by atoms with Crippen LogP contribution in [-0.4, -0.2) is 57.2 Å². The number of guanidine groups is 1. The SMILES string of the molecule is CCNC(=NCc1cc(OC)c(OC)cc1Br)NCCCN1CCCC1=O.I. The lowest BCUT2D eigenvalue weighted by atomic mass is 10.2. The topological polar surface area (TPSA) is 75.2 Å². The molecule has 1 heterocycles. The fourth-order valence-electron chi connectivity index (χ4n) is 2.94. The quantitative estimate of drug-likeness (QED) is 0.207. The number of rotatable bonds is 9. The van der Waals surface area contributed by atoms with Gasteiger partial charge in [0.05, 0.1) is 20.8 Å². The van der Waals surface area contributed by atoms with Gasteiger partial charge in [-0.3, -0.25) is 4.79 Å². The average Bonchev–Trinajstić information content (AvgIpc) is 3.08. The zero-order chi connectivity index (χ0) is 19.6. The van der Waals surface area contributed by atoms with Gasteiger partial charge in [-0.2, -0.15) is 0 Å². The minimum atomic E-state index is 0. The summed E-state index contributed by atoms with van der Waals surface area (Å²) >= 11 is 3.56. The Bertz CT molecular complexity index is 673. The molecule has 1 aliphatic rings. The molecule has 0 bridgehead atoms. The van der Waals surface area contributed by atoms with E-state index in [-0.39, 0.29) is 29.9 Å². The van der Waals surface area contributed by atoms with E-state index in [4.69, 9.17) is 9.47 Å². The number of carbonyl (C=O) groups excluding carboxylic acids is 1. The summed E-state index contributed by atoms with van der Waals surface area (Å²) in [5.41, 5.74) is 1.01. The predicted octanol–water partition coefficient (Wildman–Crippen LogP) is 3.15. The predicted molar refractivity (Wildman–Crippen MR) is 126 cm³/mol. The number of likely N-dealkylation sites (tertiary alicyclic amines) is 1. The maximum Gasteiger partial charge on any atom is 0.222 e. The van der Waals surface area contributed by atoms with Gasteiger partial charge in [-0.15, -0.1) is 24.0 Å². The maximum atomic E-state index is 11.6. The van der Waals surface area contributed by atoms with E-state index in [1.807, 2.05) is 24.0 Å². The van der Waals surface area contributed by atoms with Crippen LogP contribution in [0, 0.1) is 0 Å². The monoisotopic (exact) mass is 568 g/mol. The summed E-state index contributed by atoms with van der Waals surface area (Å²) in [5, 5.41) is 6.58. The van der Waals surface area contributed by atoms with E-state index in [1.54, 1.807) is 14.2 Å². The molecule has 1 aromatic rings. The second-order valence-corrected chi connectivity index (χ2v) is 7.11. The van der Waals surface area contributed by atoms with Gasteiger partial charge in [0.1, 0.15) is 0 Å². The molecule has 158 valence electrons. The Labute approximate surface area is 192 Å². The highest BCUT2D eigenvalue weighted by atomic mass is 127. The van der Waals surface area contributed by atoms with Gasteiger partial charge in [-0.25, -0.2) is 4.99 Å². The highest BCUT2D eigenvalue weighted by Gasteiger charge is 2.18. The number of benzene rings is 1. The molecule has 7 nitrogen and oxygen atoms in total. The molecular formula is C19H30BrIN4O3. The molecule has 0 spiro atoms. The van der Waals surface area contributed by atoms with Crippen molar-refractivity contribution in [3.8, 4) is 11.5 Å². The second-order valence-electron chi connectivity index (χ2n) is 6.26. The summed E-state index contributed by atoms with van der Waals surface area (Å²) in [6, 6.07) is 3.81. The van der Waals surface area contributed by atoms with Crippen LogP contribution in [-0.2, 0) is 11.3 Å². The third-order valence-electron chi connectivity index (χ3n) is 4.37. The molecule has 0 saturated carbocycles. The van der Waals surface area contributed by atoms with Crippen LogP contribution in [0.3, 0.4) is 0 Å². The molecule has 1 aromatic carbocycles. The van der Waals surface area contributed by atoms with Crippen LogP contribution < -0.4 is 20.1 Å². The summed E-state index contributed by atoms with van der Waals surface area (Å²) in [7, 11) is 3.24. The average molecular weight is 569 g/mol. The molecule has 9 heteroatoms. The molecular weight excluding hydrogens is 539 g/mol. The fraction of sp³-hybridized carbons (Fsp3) is 0.579. The fourth-order valence-corrected chi connectivity index (χ4v) is 3.39. The number of hydrogen-bond acceptors (Lipinski definition) is 4. The van der Waals surface area contributed by atoms with Gasteiger partial charge in [0, 0.05) is 37.1 Å². The van der Waals surface area contributed by atoms with Gasteiger partial charge in [0.2, 0.25) is 5.91 Å². The van der Waals surface area contributed by atoms with Crippen molar-refractivity contribution in [1.82, 2.24) is 15.5 Å². The first kappa shape index (κ1) is 24.8. The molecule has 1 aliphatic heterocycles. The van der Waals surface area contributed by atoms with E-state index in [1.165, 1.54) is 0 Å². The summed E-state index contributed by atoms with van der Waals surface area (Å²) in [6.07, 6.45) is 2.57.